The fraction of sp³-hybridized carbons (Fsp3) is 0.400. The summed E-state index contributed by atoms with van der Waals surface area (Å²) in [6.07, 6.45) is 8.47. The summed E-state index contributed by atoms with van der Waals surface area (Å²) in [7, 11) is 2.74. The van der Waals surface area contributed by atoms with Crippen LogP contribution in [0.4, 0.5) is 5.69 Å². The van der Waals surface area contributed by atoms with Gasteiger partial charge in [-0.3, -0.25) is 0 Å². The van der Waals surface area contributed by atoms with Crippen molar-refractivity contribution in [1.29, 1.82) is 0 Å². The number of hydrogen-bond acceptors (Lipinski definition) is 6. The molecule has 0 atom stereocenters. The van der Waals surface area contributed by atoms with Crippen molar-refractivity contribution in [3.05, 3.63) is 85.4 Å². The van der Waals surface area contributed by atoms with Crippen LogP contribution in [0, 0.1) is 0 Å². The maximum atomic E-state index is 13.3. The van der Waals surface area contributed by atoms with E-state index >= 15 is 0 Å². The summed E-state index contributed by atoms with van der Waals surface area (Å²) in [6, 6.07) is 9.89. The summed E-state index contributed by atoms with van der Waals surface area (Å²) >= 11 is 0. The van der Waals surface area contributed by atoms with E-state index in [1.54, 1.807) is 12.1 Å². The first-order valence-electron chi connectivity index (χ1n) is 15.3. The normalized spacial score (nSPS) is 17.8. The Bertz CT molecular complexity index is 1830. The second-order valence-electron chi connectivity index (χ2n) is 12.1. The minimum Gasteiger partial charge on any atom is -0.465 e. The number of hydrogen-bond donors (Lipinski definition) is 0. The highest BCUT2D eigenvalue weighted by molar-refractivity contribution is 6.02. The molecule has 5 aliphatic rings. The molecule has 5 aliphatic heterocycles. The molecule has 0 spiro atoms. The van der Waals surface area contributed by atoms with Gasteiger partial charge in [-0.05, 0) is 73.9 Å². The van der Waals surface area contributed by atoms with Gasteiger partial charge in [-0.25, -0.2) is 14.2 Å². The molecule has 0 amide bonds. The number of carbonyl (C=O) groups is 2. The Morgan fingerprint density at radius 1 is 0.786 bits per heavy atom. The number of rotatable bonds is 3. The molecule has 0 aliphatic carbocycles. The predicted octanol–water partition coefficient (Wildman–Crippen LogP) is 3.70. The summed E-state index contributed by atoms with van der Waals surface area (Å²) in [4.78, 5) is 28.4. The van der Waals surface area contributed by atoms with E-state index in [1.807, 2.05) is 6.07 Å². The molecule has 7 heteroatoms. The van der Waals surface area contributed by atoms with Gasteiger partial charge in [0, 0.05) is 59.1 Å². The van der Waals surface area contributed by atoms with Gasteiger partial charge >= 0.3 is 11.9 Å². The first-order chi connectivity index (χ1) is 20.6. The maximum absolute atomic E-state index is 13.3. The van der Waals surface area contributed by atoms with Crippen molar-refractivity contribution < 1.29 is 23.8 Å². The standard InChI is InChI=1S/C35H35N2O5/c1-40-34(38)22-11-12-23(26(19-22)35(39)41-2)29-27-17-20-7-3-13-36-15-5-9-24(30(20)36)32(27)42-33-25-10-6-16-37-14-4-8-21(31(25)37)18-28(29)33/h11-12,17-19H,3-10,13-16H2,1-2H3/q+1. The third kappa shape index (κ3) is 3.68. The van der Waals surface area contributed by atoms with Gasteiger partial charge in [0.15, 0.2) is 0 Å². The number of ether oxygens (including phenoxy) is 3. The van der Waals surface area contributed by atoms with Crippen LogP contribution in [0.3, 0.4) is 0 Å². The van der Waals surface area contributed by atoms with Crippen LogP contribution in [-0.4, -0.2) is 52.3 Å². The van der Waals surface area contributed by atoms with E-state index in [-0.39, 0.29) is 0 Å². The number of fused-ring (bicyclic) bond motifs is 4. The van der Waals surface area contributed by atoms with Crippen LogP contribution < -0.4 is 24.8 Å². The molecule has 3 aromatic rings. The second kappa shape index (κ2) is 9.72. The van der Waals surface area contributed by atoms with Crippen LogP contribution in [0.1, 0.15) is 79.8 Å². The molecular formula is C35H35N2O5+. The number of nitrogens with zero attached hydrogens (tertiary/aromatic N) is 2. The summed E-state index contributed by atoms with van der Waals surface area (Å²) in [6.45, 7) is 4.34. The fourth-order valence-electron chi connectivity index (χ4n) is 8.09. The molecule has 0 fully saturated rings. The molecule has 0 radical (unpaired) electrons. The molecule has 3 aromatic carbocycles. The van der Waals surface area contributed by atoms with E-state index in [2.05, 4.69) is 21.6 Å². The van der Waals surface area contributed by atoms with E-state index < -0.39 is 11.9 Å². The molecule has 0 bridgehead atoms. The van der Waals surface area contributed by atoms with Gasteiger partial charge in [0.25, 0.3) is 0 Å². The molecule has 0 N–H and O–H groups in total. The van der Waals surface area contributed by atoms with Crippen LogP contribution >= 0.6 is 0 Å². The first-order valence-corrected chi connectivity index (χ1v) is 15.3. The Balaban J connectivity index is 1.51. The monoisotopic (exact) mass is 563 g/mol. The van der Waals surface area contributed by atoms with E-state index in [0.717, 1.165) is 111 Å². The molecule has 0 unspecified atom stereocenters. The predicted molar refractivity (Wildman–Crippen MR) is 159 cm³/mol. The van der Waals surface area contributed by atoms with Crippen LogP contribution in [0.25, 0.3) is 5.57 Å². The number of benzene rings is 3. The minimum absolute atomic E-state index is 0.321. The van der Waals surface area contributed by atoms with E-state index in [1.165, 1.54) is 47.5 Å². The zero-order valence-electron chi connectivity index (χ0n) is 24.3. The summed E-state index contributed by atoms with van der Waals surface area (Å²) < 4.78 is 19.9. The van der Waals surface area contributed by atoms with Crippen molar-refractivity contribution in [3.8, 4) is 11.5 Å². The summed E-state index contributed by atoms with van der Waals surface area (Å²) in [5.74, 6) is 0.898. The number of anilines is 1. The van der Waals surface area contributed by atoms with Gasteiger partial charge in [-0.15, -0.1) is 0 Å². The summed E-state index contributed by atoms with van der Waals surface area (Å²) in [5, 5.41) is 2.39. The largest absolute Gasteiger partial charge is 0.465 e. The Labute approximate surface area is 245 Å². The van der Waals surface area contributed by atoms with Crippen molar-refractivity contribution in [3.63, 3.8) is 0 Å². The fourth-order valence-corrected chi connectivity index (χ4v) is 8.09. The molecule has 8 rings (SSSR count). The highest BCUT2D eigenvalue weighted by atomic mass is 16.5. The quantitative estimate of drug-likeness (QED) is 0.280. The average molecular weight is 564 g/mol. The van der Waals surface area contributed by atoms with Crippen LogP contribution in [-0.2, 0) is 35.2 Å². The van der Waals surface area contributed by atoms with Gasteiger partial charge in [0.05, 0.1) is 30.9 Å². The van der Waals surface area contributed by atoms with Crippen LogP contribution in [0.5, 0.6) is 11.5 Å². The topological polar surface area (TPSA) is 68.1 Å². The third-order valence-corrected chi connectivity index (χ3v) is 9.80. The number of carbonyl (C=O) groups excluding carboxylic acids is 2. The Morgan fingerprint density at radius 3 is 2.33 bits per heavy atom. The molecule has 0 aromatic heterocycles. The van der Waals surface area contributed by atoms with Crippen LogP contribution in [0.2, 0.25) is 0 Å². The van der Waals surface area contributed by atoms with E-state index in [4.69, 9.17) is 14.2 Å². The molecule has 5 heterocycles. The number of aryl methyl sites for hydroxylation is 2. The lowest BCUT2D eigenvalue weighted by molar-refractivity contribution is 0.0599. The Kier molecular flexibility index (Phi) is 5.92. The van der Waals surface area contributed by atoms with Crippen LogP contribution in [0.15, 0.2) is 30.3 Å². The third-order valence-electron chi connectivity index (χ3n) is 9.80. The second-order valence-corrected chi connectivity index (χ2v) is 12.1. The van der Waals surface area contributed by atoms with Crippen molar-refractivity contribution in [2.75, 3.05) is 45.3 Å². The van der Waals surface area contributed by atoms with Crippen molar-refractivity contribution in [2.24, 2.45) is 0 Å². The molecule has 7 nitrogen and oxygen atoms in total. The number of esters is 2. The van der Waals surface area contributed by atoms with E-state index in [9.17, 15) is 9.59 Å². The number of methoxy groups -OCH3 is 2. The lowest BCUT2D eigenvalue weighted by Gasteiger charge is -2.39. The lowest BCUT2D eigenvalue weighted by Crippen LogP contribution is -2.45. The SMILES string of the molecule is COC(=O)c1ccc(C2=c3cc4c5c(c3Oc3c2cc2c6c3CCCN6CCC2)CCC[N+]=5CCC4)c(C(=O)OC)c1. The van der Waals surface area contributed by atoms with Crippen molar-refractivity contribution in [1.82, 2.24) is 4.58 Å². The zero-order valence-corrected chi connectivity index (χ0v) is 24.3. The zero-order chi connectivity index (χ0) is 28.5. The molecular weight excluding hydrogens is 528 g/mol. The van der Waals surface area contributed by atoms with Crippen molar-refractivity contribution in [2.45, 2.75) is 51.4 Å². The average Bonchev–Trinajstić information content (AvgIpc) is 3.03. The molecule has 0 saturated heterocycles. The van der Waals surface area contributed by atoms with Gasteiger partial charge in [-0.1, -0.05) is 6.07 Å². The maximum Gasteiger partial charge on any atom is 0.338 e. The van der Waals surface area contributed by atoms with Gasteiger partial charge < -0.3 is 19.1 Å². The minimum atomic E-state index is -0.485. The Hall–Kier alpha value is -4.13. The first kappa shape index (κ1) is 25.6. The highest BCUT2D eigenvalue weighted by Gasteiger charge is 2.36. The molecule has 214 valence electrons. The Morgan fingerprint density at radius 2 is 1.52 bits per heavy atom. The van der Waals surface area contributed by atoms with E-state index in [0.29, 0.717) is 11.1 Å². The lowest BCUT2D eigenvalue weighted by atomic mass is 9.81. The van der Waals surface area contributed by atoms with Gasteiger partial charge in [0.2, 0.25) is 5.36 Å². The summed E-state index contributed by atoms with van der Waals surface area (Å²) in [5.41, 5.74) is 10.1. The van der Waals surface area contributed by atoms with Gasteiger partial charge in [0.1, 0.15) is 24.6 Å². The highest BCUT2D eigenvalue weighted by Crippen LogP contribution is 2.48. The van der Waals surface area contributed by atoms with Gasteiger partial charge in [-0.2, -0.15) is 0 Å². The van der Waals surface area contributed by atoms with Crippen molar-refractivity contribution >= 4 is 23.2 Å². The molecule has 0 saturated carbocycles. The molecule has 42 heavy (non-hydrogen) atoms. The smallest absolute Gasteiger partial charge is 0.338 e.